The van der Waals surface area contributed by atoms with Crippen molar-refractivity contribution in [1.82, 2.24) is 0 Å². The maximum Gasteiger partial charge on any atom is 0.323 e. The number of carbonyl (C=O) groups excluding carboxylic acids is 1. The molecular formula is C9H17NO3. The van der Waals surface area contributed by atoms with Gasteiger partial charge in [-0.05, 0) is 12.8 Å². The van der Waals surface area contributed by atoms with E-state index in [1.54, 1.807) is 7.11 Å². The van der Waals surface area contributed by atoms with Crippen LogP contribution in [0.25, 0.3) is 0 Å². The van der Waals surface area contributed by atoms with Gasteiger partial charge in [0, 0.05) is 13.0 Å². The average molecular weight is 187 g/mol. The van der Waals surface area contributed by atoms with Gasteiger partial charge in [0.15, 0.2) is 0 Å². The molecule has 0 spiro atoms. The Morgan fingerprint density at radius 3 is 2.69 bits per heavy atom. The summed E-state index contributed by atoms with van der Waals surface area (Å²) < 4.78 is 9.85. The average Bonchev–Trinajstić information content (AvgIpc) is 2.62. The molecule has 1 aliphatic rings. The first-order chi connectivity index (χ1) is 6.20. The van der Waals surface area contributed by atoms with Gasteiger partial charge >= 0.3 is 5.97 Å². The van der Waals surface area contributed by atoms with Crippen molar-refractivity contribution in [2.75, 3.05) is 14.2 Å². The first-order valence-electron chi connectivity index (χ1n) is 4.57. The molecule has 4 nitrogen and oxygen atoms in total. The van der Waals surface area contributed by atoms with Gasteiger partial charge in [-0.15, -0.1) is 0 Å². The fraction of sp³-hybridized carbons (Fsp3) is 0.889. The number of nitrogens with two attached hydrogens (primary N) is 1. The summed E-state index contributed by atoms with van der Waals surface area (Å²) in [6.07, 6.45) is 3.14. The Morgan fingerprint density at radius 2 is 2.15 bits per heavy atom. The Labute approximate surface area is 78.4 Å². The summed E-state index contributed by atoms with van der Waals surface area (Å²) in [5.41, 5.74) is 5.74. The lowest BCUT2D eigenvalue weighted by atomic mass is 9.97. The SMILES string of the molecule is COC(=O)C(N)C1CCCC1OC. The molecule has 0 bridgehead atoms. The highest BCUT2D eigenvalue weighted by atomic mass is 16.5. The molecule has 2 N–H and O–H groups in total. The van der Waals surface area contributed by atoms with Crippen LogP contribution in [0.2, 0.25) is 0 Å². The van der Waals surface area contributed by atoms with Gasteiger partial charge in [-0.25, -0.2) is 0 Å². The van der Waals surface area contributed by atoms with E-state index < -0.39 is 6.04 Å². The zero-order valence-electron chi connectivity index (χ0n) is 8.16. The number of rotatable bonds is 3. The molecule has 3 unspecified atom stereocenters. The van der Waals surface area contributed by atoms with Gasteiger partial charge in [0.05, 0.1) is 13.2 Å². The summed E-state index contributed by atoms with van der Waals surface area (Å²) in [7, 11) is 3.02. The number of methoxy groups -OCH3 is 2. The third kappa shape index (κ3) is 2.19. The van der Waals surface area contributed by atoms with Gasteiger partial charge in [-0.1, -0.05) is 6.42 Å². The van der Waals surface area contributed by atoms with Crippen LogP contribution >= 0.6 is 0 Å². The lowest BCUT2D eigenvalue weighted by Gasteiger charge is -2.22. The van der Waals surface area contributed by atoms with E-state index in [1.165, 1.54) is 7.11 Å². The first-order valence-corrected chi connectivity index (χ1v) is 4.57. The summed E-state index contributed by atoms with van der Waals surface area (Å²) in [6.45, 7) is 0. The quantitative estimate of drug-likeness (QED) is 0.645. The Morgan fingerprint density at radius 1 is 1.46 bits per heavy atom. The Kier molecular flexibility index (Phi) is 3.69. The van der Waals surface area contributed by atoms with Crippen molar-refractivity contribution >= 4 is 5.97 Å². The van der Waals surface area contributed by atoms with Crippen molar-refractivity contribution in [3.8, 4) is 0 Å². The van der Waals surface area contributed by atoms with Crippen LogP contribution in [0.4, 0.5) is 0 Å². The van der Waals surface area contributed by atoms with E-state index in [1.807, 2.05) is 0 Å². The maximum absolute atomic E-state index is 11.2. The molecule has 0 aliphatic heterocycles. The highest BCUT2D eigenvalue weighted by Gasteiger charge is 2.35. The second kappa shape index (κ2) is 4.58. The third-order valence-corrected chi connectivity index (χ3v) is 2.74. The molecule has 1 rings (SSSR count). The number of carbonyl (C=O) groups is 1. The molecule has 0 aromatic carbocycles. The fourth-order valence-corrected chi connectivity index (χ4v) is 1.97. The zero-order chi connectivity index (χ0) is 9.84. The Balaban J connectivity index is 2.54. The topological polar surface area (TPSA) is 61.5 Å². The Hall–Kier alpha value is -0.610. The maximum atomic E-state index is 11.2. The molecule has 76 valence electrons. The lowest BCUT2D eigenvalue weighted by Crippen LogP contribution is -2.42. The van der Waals surface area contributed by atoms with Crippen LogP contribution in [0.5, 0.6) is 0 Å². The number of hydrogen-bond acceptors (Lipinski definition) is 4. The minimum atomic E-state index is -0.530. The van der Waals surface area contributed by atoms with Crippen LogP contribution in [0.15, 0.2) is 0 Å². The normalized spacial score (nSPS) is 30.1. The van der Waals surface area contributed by atoms with Crippen molar-refractivity contribution in [2.24, 2.45) is 11.7 Å². The molecular weight excluding hydrogens is 170 g/mol. The van der Waals surface area contributed by atoms with Crippen molar-refractivity contribution in [3.05, 3.63) is 0 Å². The van der Waals surface area contributed by atoms with Crippen molar-refractivity contribution in [2.45, 2.75) is 31.4 Å². The van der Waals surface area contributed by atoms with Crippen LogP contribution in [0.1, 0.15) is 19.3 Å². The predicted molar refractivity (Wildman–Crippen MR) is 48.1 cm³/mol. The van der Waals surface area contributed by atoms with Crippen molar-refractivity contribution < 1.29 is 14.3 Å². The third-order valence-electron chi connectivity index (χ3n) is 2.74. The van der Waals surface area contributed by atoms with Gasteiger partial charge in [0.2, 0.25) is 0 Å². The van der Waals surface area contributed by atoms with Gasteiger partial charge in [0.25, 0.3) is 0 Å². The summed E-state index contributed by atoms with van der Waals surface area (Å²) in [5.74, 6) is -0.216. The summed E-state index contributed by atoms with van der Waals surface area (Å²) in [5, 5.41) is 0. The number of ether oxygens (including phenoxy) is 2. The van der Waals surface area contributed by atoms with Crippen LogP contribution in [0, 0.1) is 5.92 Å². The predicted octanol–water partition coefficient (Wildman–Crippen LogP) is 0.302. The summed E-state index contributed by atoms with van der Waals surface area (Å²) in [4.78, 5) is 11.2. The van der Waals surface area contributed by atoms with E-state index >= 15 is 0 Å². The van der Waals surface area contributed by atoms with E-state index in [0.29, 0.717) is 0 Å². The molecule has 1 aliphatic carbocycles. The van der Waals surface area contributed by atoms with Gasteiger partial charge in [0.1, 0.15) is 6.04 Å². The van der Waals surface area contributed by atoms with Crippen LogP contribution in [-0.2, 0) is 14.3 Å². The molecule has 13 heavy (non-hydrogen) atoms. The molecule has 1 fully saturated rings. The van der Waals surface area contributed by atoms with E-state index in [2.05, 4.69) is 4.74 Å². The lowest BCUT2D eigenvalue weighted by molar-refractivity contribution is -0.144. The smallest absolute Gasteiger partial charge is 0.323 e. The van der Waals surface area contributed by atoms with Crippen LogP contribution in [-0.4, -0.2) is 32.3 Å². The molecule has 0 heterocycles. The second-order valence-electron chi connectivity index (χ2n) is 3.42. The first kappa shape index (κ1) is 10.5. The number of hydrogen-bond donors (Lipinski definition) is 1. The molecule has 0 aromatic rings. The van der Waals surface area contributed by atoms with E-state index in [0.717, 1.165) is 19.3 Å². The summed E-state index contributed by atoms with van der Waals surface area (Å²) in [6, 6.07) is -0.530. The molecule has 0 amide bonds. The zero-order valence-corrected chi connectivity index (χ0v) is 8.16. The van der Waals surface area contributed by atoms with E-state index in [-0.39, 0.29) is 18.0 Å². The highest BCUT2D eigenvalue weighted by Crippen LogP contribution is 2.30. The molecule has 0 aromatic heterocycles. The molecule has 1 saturated carbocycles. The van der Waals surface area contributed by atoms with Crippen LogP contribution < -0.4 is 5.73 Å². The largest absolute Gasteiger partial charge is 0.468 e. The molecule has 0 saturated heterocycles. The van der Waals surface area contributed by atoms with E-state index in [4.69, 9.17) is 10.5 Å². The van der Waals surface area contributed by atoms with Crippen molar-refractivity contribution in [1.29, 1.82) is 0 Å². The minimum Gasteiger partial charge on any atom is -0.468 e. The van der Waals surface area contributed by atoms with Crippen LogP contribution in [0.3, 0.4) is 0 Å². The molecule has 4 heteroatoms. The van der Waals surface area contributed by atoms with Gasteiger partial charge < -0.3 is 15.2 Å². The van der Waals surface area contributed by atoms with Gasteiger partial charge in [-0.2, -0.15) is 0 Å². The molecule has 3 atom stereocenters. The minimum absolute atomic E-state index is 0.120. The highest BCUT2D eigenvalue weighted by molar-refractivity contribution is 5.75. The second-order valence-corrected chi connectivity index (χ2v) is 3.42. The summed E-state index contributed by atoms with van der Waals surface area (Å²) >= 11 is 0. The molecule has 0 radical (unpaired) electrons. The number of esters is 1. The standard InChI is InChI=1S/C9H17NO3/c1-12-7-5-3-4-6(7)8(10)9(11)13-2/h6-8H,3-5,10H2,1-2H3. The van der Waals surface area contributed by atoms with Crippen molar-refractivity contribution in [3.63, 3.8) is 0 Å². The van der Waals surface area contributed by atoms with E-state index in [9.17, 15) is 4.79 Å². The Bertz CT molecular complexity index is 184. The monoisotopic (exact) mass is 187 g/mol. The fourth-order valence-electron chi connectivity index (χ4n) is 1.97. The van der Waals surface area contributed by atoms with Gasteiger partial charge in [-0.3, -0.25) is 4.79 Å².